The maximum atomic E-state index is 3.77. The molecule has 1 aromatic carbocycles. The maximum absolute atomic E-state index is 3.77. The molecule has 0 radical (unpaired) electrons. The van der Waals surface area contributed by atoms with E-state index >= 15 is 0 Å². The van der Waals surface area contributed by atoms with Crippen LogP contribution in [0.5, 0.6) is 0 Å². The minimum absolute atomic E-state index is 0.557. The summed E-state index contributed by atoms with van der Waals surface area (Å²) in [7, 11) is 0. The first-order chi connectivity index (χ1) is 10.2. The van der Waals surface area contributed by atoms with Gasteiger partial charge in [0.2, 0.25) is 0 Å². The van der Waals surface area contributed by atoms with E-state index in [2.05, 4.69) is 54.4 Å². The number of nitrogens with zero attached hydrogens (tertiary/aromatic N) is 1. The Labute approximate surface area is 129 Å². The highest BCUT2D eigenvalue weighted by Crippen LogP contribution is 2.32. The van der Waals surface area contributed by atoms with Crippen molar-refractivity contribution < 1.29 is 0 Å². The van der Waals surface area contributed by atoms with Crippen LogP contribution in [0.2, 0.25) is 0 Å². The van der Waals surface area contributed by atoms with E-state index in [1.807, 2.05) is 0 Å². The lowest BCUT2D eigenvalue weighted by Crippen LogP contribution is -2.54. The fraction of sp³-hybridized carbons (Fsp3) is 0.684. The molecule has 1 aliphatic heterocycles. The molecular weight excluding hydrogens is 256 g/mol. The molecule has 0 bridgehead atoms. The Morgan fingerprint density at radius 3 is 2.57 bits per heavy atom. The van der Waals surface area contributed by atoms with E-state index in [0.717, 1.165) is 12.5 Å². The average Bonchev–Trinajstić information content (AvgIpc) is 2.46. The van der Waals surface area contributed by atoms with Crippen LogP contribution in [-0.4, -0.2) is 30.6 Å². The van der Waals surface area contributed by atoms with Gasteiger partial charge in [0.25, 0.3) is 0 Å². The third-order valence-electron chi connectivity index (χ3n) is 5.48. The molecule has 2 nitrogen and oxygen atoms in total. The first-order valence-corrected chi connectivity index (χ1v) is 8.76. The normalized spacial score (nSPS) is 27.8. The predicted molar refractivity (Wildman–Crippen MR) is 89.3 cm³/mol. The van der Waals surface area contributed by atoms with Crippen LogP contribution in [0.15, 0.2) is 30.3 Å². The third kappa shape index (κ3) is 3.67. The second-order valence-electron chi connectivity index (χ2n) is 7.27. The lowest BCUT2D eigenvalue weighted by molar-refractivity contribution is 0.0991. The average molecular weight is 286 g/mol. The molecule has 2 heteroatoms. The van der Waals surface area contributed by atoms with Gasteiger partial charge < -0.3 is 5.32 Å². The van der Waals surface area contributed by atoms with E-state index in [-0.39, 0.29) is 0 Å². The van der Waals surface area contributed by atoms with Crippen molar-refractivity contribution in [2.75, 3.05) is 19.6 Å². The molecule has 116 valence electrons. The van der Waals surface area contributed by atoms with Gasteiger partial charge in [0.05, 0.1) is 0 Å². The highest BCUT2D eigenvalue weighted by molar-refractivity contribution is 5.20. The summed E-state index contributed by atoms with van der Waals surface area (Å²) in [5.41, 5.74) is 1.47. The predicted octanol–water partition coefficient (Wildman–Crippen LogP) is 3.85. The van der Waals surface area contributed by atoms with Crippen molar-refractivity contribution in [1.82, 2.24) is 10.2 Å². The highest BCUT2D eigenvalue weighted by Gasteiger charge is 2.30. The van der Waals surface area contributed by atoms with Gasteiger partial charge in [0.1, 0.15) is 0 Å². The van der Waals surface area contributed by atoms with Crippen molar-refractivity contribution in [3.8, 4) is 0 Å². The summed E-state index contributed by atoms with van der Waals surface area (Å²) >= 11 is 0. The van der Waals surface area contributed by atoms with Crippen LogP contribution in [0.3, 0.4) is 0 Å². The van der Waals surface area contributed by atoms with E-state index < -0.39 is 0 Å². The maximum Gasteiger partial charge on any atom is 0.0473 e. The lowest BCUT2D eigenvalue weighted by Gasteiger charge is -2.43. The second-order valence-corrected chi connectivity index (χ2v) is 7.27. The molecule has 21 heavy (non-hydrogen) atoms. The molecular formula is C19H30N2. The first-order valence-electron chi connectivity index (χ1n) is 8.76. The summed E-state index contributed by atoms with van der Waals surface area (Å²) in [6.45, 7) is 8.24. The molecule has 1 heterocycles. The fourth-order valence-corrected chi connectivity index (χ4v) is 3.66. The summed E-state index contributed by atoms with van der Waals surface area (Å²) in [5, 5.41) is 3.77. The molecule has 1 aromatic rings. The van der Waals surface area contributed by atoms with Gasteiger partial charge >= 0.3 is 0 Å². The Morgan fingerprint density at radius 2 is 1.95 bits per heavy atom. The van der Waals surface area contributed by atoms with Crippen molar-refractivity contribution in [2.24, 2.45) is 11.8 Å². The molecule has 3 rings (SSSR count). The Kier molecular flexibility index (Phi) is 4.97. The van der Waals surface area contributed by atoms with Crippen LogP contribution in [0, 0.1) is 11.8 Å². The molecule has 1 N–H and O–H groups in total. The third-order valence-corrected chi connectivity index (χ3v) is 5.48. The topological polar surface area (TPSA) is 15.3 Å². The number of piperazine rings is 1. The summed E-state index contributed by atoms with van der Waals surface area (Å²) in [6, 6.07) is 12.3. The van der Waals surface area contributed by atoms with E-state index in [0.29, 0.717) is 18.0 Å². The van der Waals surface area contributed by atoms with Gasteiger partial charge in [-0.25, -0.2) is 0 Å². The summed E-state index contributed by atoms with van der Waals surface area (Å²) in [4.78, 5) is 2.74. The van der Waals surface area contributed by atoms with E-state index in [1.54, 1.807) is 0 Å². The molecule has 2 unspecified atom stereocenters. The van der Waals surface area contributed by atoms with Crippen LogP contribution in [0.1, 0.15) is 51.1 Å². The molecule has 0 amide bonds. The molecule has 0 aromatic heterocycles. The van der Waals surface area contributed by atoms with Gasteiger partial charge in [0, 0.05) is 25.2 Å². The largest absolute Gasteiger partial charge is 0.311 e. The quantitative estimate of drug-likeness (QED) is 0.884. The number of benzene rings is 1. The van der Waals surface area contributed by atoms with Crippen molar-refractivity contribution in [1.29, 1.82) is 0 Å². The van der Waals surface area contributed by atoms with Crippen LogP contribution >= 0.6 is 0 Å². The Bertz CT molecular complexity index is 424. The summed E-state index contributed by atoms with van der Waals surface area (Å²) < 4.78 is 0. The minimum Gasteiger partial charge on any atom is -0.311 e. The number of rotatable bonds is 5. The van der Waals surface area contributed by atoms with Crippen LogP contribution in [-0.2, 0) is 0 Å². The van der Waals surface area contributed by atoms with Gasteiger partial charge in [-0.3, -0.25) is 4.90 Å². The van der Waals surface area contributed by atoms with Gasteiger partial charge in [-0.1, -0.05) is 63.4 Å². The molecule has 2 aliphatic rings. The molecule has 1 aliphatic carbocycles. The Hall–Kier alpha value is -0.860. The summed E-state index contributed by atoms with van der Waals surface area (Å²) in [5.74, 6) is 1.72. The van der Waals surface area contributed by atoms with Gasteiger partial charge in [-0.15, -0.1) is 0 Å². The van der Waals surface area contributed by atoms with Crippen LogP contribution < -0.4 is 5.32 Å². The molecule has 0 spiro atoms. The number of hydrogen-bond acceptors (Lipinski definition) is 2. The Morgan fingerprint density at radius 1 is 1.19 bits per heavy atom. The smallest absolute Gasteiger partial charge is 0.0473 e. The van der Waals surface area contributed by atoms with E-state index in [9.17, 15) is 0 Å². The van der Waals surface area contributed by atoms with Crippen molar-refractivity contribution in [3.05, 3.63) is 35.9 Å². The lowest BCUT2D eigenvalue weighted by atomic mass is 9.82. The fourth-order valence-electron chi connectivity index (χ4n) is 3.66. The standard InChI is InChI=1S/C19H30N2/c1-15(2)18-14-21(12-11-16-7-6-8-16)19(13-20-18)17-9-4-3-5-10-17/h3-5,9-10,15-16,18-20H,6-8,11-14H2,1-2H3. The SMILES string of the molecule is CC(C)C1CN(CCC2CCC2)C(c2ccccc2)CN1. The summed E-state index contributed by atoms with van der Waals surface area (Å²) in [6.07, 6.45) is 5.79. The van der Waals surface area contributed by atoms with Crippen molar-refractivity contribution in [2.45, 2.75) is 51.6 Å². The van der Waals surface area contributed by atoms with Gasteiger partial charge in [0.15, 0.2) is 0 Å². The first kappa shape index (κ1) is 15.1. The second kappa shape index (κ2) is 6.93. The highest BCUT2D eigenvalue weighted by atomic mass is 15.2. The van der Waals surface area contributed by atoms with E-state index in [1.165, 1.54) is 44.3 Å². The van der Waals surface area contributed by atoms with Gasteiger partial charge in [-0.05, 0) is 30.4 Å². The van der Waals surface area contributed by atoms with Crippen LogP contribution in [0.4, 0.5) is 0 Å². The number of nitrogens with one attached hydrogen (secondary N) is 1. The molecule has 1 saturated carbocycles. The minimum atomic E-state index is 0.557. The Balaban J connectivity index is 1.67. The zero-order valence-electron chi connectivity index (χ0n) is 13.6. The van der Waals surface area contributed by atoms with Crippen molar-refractivity contribution >= 4 is 0 Å². The van der Waals surface area contributed by atoms with Crippen LogP contribution in [0.25, 0.3) is 0 Å². The van der Waals surface area contributed by atoms with E-state index in [4.69, 9.17) is 0 Å². The molecule has 2 atom stereocenters. The zero-order chi connectivity index (χ0) is 14.7. The molecule has 1 saturated heterocycles. The van der Waals surface area contributed by atoms with Gasteiger partial charge in [-0.2, -0.15) is 0 Å². The van der Waals surface area contributed by atoms with Crippen molar-refractivity contribution in [3.63, 3.8) is 0 Å². The monoisotopic (exact) mass is 286 g/mol. The zero-order valence-corrected chi connectivity index (χ0v) is 13.6. The number of hydrogen-bond donors (Lipinski definition) is 1. The molecule has 2 fully saturated rings.